The summed E-state index contributed by atoms with van der Waals surface area (Å²) in [5.41, 5.74) is 1.96. The SMILES string of the molecule is CNC(Cc1cccc(F)c1Br)c1ccc(Br)cc1OC. The molecule has 2 rings (SSSR count). The fourth-order valence-electron chi connectivity index (χ4n) is 2.27. The van der Waals surface area contributed by atoms with E-state index in [1.807, 2.05) is 31.3 Å². The Balaban J connectivity index is 2.34. The molecule has 21 heavy (non-hydrogen) atoms. The molecule has 0 amide bonds. The lowest BCUT2D eigenvalue weighted by Crippen LogP contribution is -2.20. The molecule has 2 aromatic carbocycles. The third-order valence-electron chi connectivity index (χ3n) is 3.38. The summed E-state index contributed by atoms with van der Waals surface area (Å²) < 4.78 is 20.6. The van der Waals surface area contributed by atoms with E-state index in [4.69, 9.17) is 4.74 Å². The zero-order chi connectivity index (χ0) is 15.4. The minimum Gasteiger partial charge on any atom is -0.496 e. The second kappa shape index (κ2) is 7.38. The summed E-state index contributed by atoms with van der Waals surface area (Å²) in [6.07, 6.45) is 0.660. The largest absolute Gasteiger partial charge is 0.496 e. The van der Waals surface area contributed by atoms with E-state index in [2.05, 4.69) is 37.2 Å². The standard InChI is InChI=1S/C16H16Br2FNO/c1-20-14(8-10-4-3-5-13(19)16(10)18)12-7-6-11(17)9-15(12)21-2/h3-7,9,14,20H,8H2,1-2H3. The second-order valence-electron chi connectivity index (χ2n) is 4.64. The van der Waals surface area contributed by atoms with Crippen LogP contribution in [0.2, 0.25) is 0 Å². The highest BCUT2D eigenvalue weighted by Crippen LogP contribution is 2.32. The van der Waals surface area contributed by atoms with Crippen LogP contribution in [-0.2, 0) is 6.42 Å². The van der Waals surface area contributed by atoms with E-state index in [9.17, 15) is 4.39 Å². The summed E-state index contributed by atoms with van der Waals surface area (Å²) in [5.74, 6) is 0.557. The fourth-order valence-corrected chi connectivity index (χ4v) is 3.03. The zero-order valence-electron chi connectivity index (χ0n) is 11.8. The molecule has 1 atom stereocenters. The van der Waals surface area contributed by atoms with Crippen molar-refractivity contribution < 1.29 is 9.13 Å². The summed E-state index contributed by atoms with van der Waals surface area (Å²) in [7, 11) is 3.54. The monoisotopic (exact) mass is 415 g/mol. The molecule has 0 bridgehead atoms. The van der Waals surface area contributed by atoms with Gasteiger partial charge in [-0.05, 0) is 53.2 Å². The Morgan fingerprint density at radius 3 is 2.67 bits per heavy atom. The average Bonchev–Trinajstić information content (AvgIpc) is 2.49. The number of methoxy groups -OCH3 is 1. The highest BCUT2D eigenvalue weighted by Gasteiger charge is 2.17. The van der Waals surface area contributed by atoms with Crippen LogP contribution in [0.5, 0.6) is 5.75 Å². The van der Waals surface area contributed by atoms with Crippen LogP contribution in [0.15, 0.2) is 45.3 Å². The Morgan fingerprint density at radius 1 is 1.24 bits per heavy atom. The summed E-state index contributed by atoms with van der Waals surface area (Å²) >= 11 is 6.75. The molecule has 0 spiro atoms. The quantitative estimate of drug-likeness (QED) is 0.751. The molecule has 0 aliphatic carbocycles. The lowest BCUT2D eigenvalue weighted by atomic mass is 9.98. The number of hydrogen-bond acceptors (Lipinski definition) is 2. The smallest absolute Gasteiger partial charge is 0.137 e. The lowest BCUT2D eigenvalue weighted by Gasteiger charge is -2.20. The maximum atomic E-state index is 13.6. The molecule has 0 aromatic heterocycles. The van der Waals surface area contributed by atoms with Gasteiger partial charge in [-0.25, -0.2) is 4.39 Å². The fraction of sp³-hybridized carbons (Fsp3) is 0.250. The molecule has 0 aliphatic rings. The van der Waals surface area contributed by atoms with Gasteiger partial charge >= 0.3 is 0 Å². The normalized spacial score (nSPS) is 12.2. The maximum absolute atomic E-state index is 13.6. The van der Waals surface area contributed by atoms with Crippen molar-refractivity contribution >= 4 is 31.9 Å². The van der Waals surface area contributed by atoms with Gasteiger partial charge in [0.05, 0.1) is 11.6 Å². The zero-order valence-corrected chi connectivity index (χ0v) is 15.0. The number of benzene rings is 2. The van der Waals surface area contributed by atoms with Gasteiger partial charge in [0.15, 0.2) is 0 Å². The summed E-state index contributed by atoms with van der Waals surface area (Å²) in [4.78, 5) is 0. The van der Waals surface area contributed by atoms with Crippen molar-refractivity contribution in [2.45, 2.75) is 12.5 Å². The molecule has 2 aromatic rings. The molecule has 5 heteroatoms. The van der Waals surface area contributed by atoms with Crippen molar-refractivity contribution in [1.29, 1.82) is 0 Å². The van der Waals surface area contributed by atoms with E-state index in [0.29, 0.717) is 10.9 Å². The van der Waals surface area contributed by atoms with E-state index >= 15 is 0 Å². The second-order valence-corrected chi connectivity index (χ2v) is 6.35. The van der Waals surface area contributed by atoms with Crippen molar-refractivity contribution in [2.24, 2.45) is 0 Å². The Labute approximate surface area is 141 Å². The molecule has 0 heterocycles. The summed E-state index contributed by atoms with van der Waals surface area (Å²) in [6.45, 7) is 0. The summed E-state index contributed by atoms with van der Waals surface area (Å²) in [5, 5.41) is 3.27. The van der Waals surface area contributed by atoms with Crippen LogP contribution in [-0.4, -0.2) is 14.2 Å². The molecule has 2 nitrogen and oxygen atoms in total. The van der Waals surface area contributed by atoms with Gasteiger partial charge in [-0.3, -0.25) is 0 Å². The highest BCUT2D eigenvalue weighted by molar-refractivity contribution is 9.10. The van der Waals surface area contributed by atoms with Crippen LogP contribution in [0.25, 0.3) is 0 Å². The Kier molecular flexibility index (Phi) is 5.79. The van der Waals surface area contributed by atoms with Gasteiger partial charge < -0.3 is 10.1 Å². The maximum Gasteiger partial charge on any atom is 0.137 e. The molecule has 1 unspecified atom stereocenters. The minimum atomic E-state index is -0.245. The van der Waals surface area contributed by atoms with Crippen molar-refractivity contribution in [2.75, 3.05) is 14.2 Å². The number of nitrogens with one attached hydrogen (secondary N) is 1. The van der Waals surface area contributed by atoms with Crippen molar-refractivity contribution in [3.8, 4) is 5.75 Å². The third-order valence-corrected chi connectivity index (χ3v) is 4.76. The summed E-state index contributed by atoms with van der Waals surface area (Å²) in [6, 6.07) is 11.0. The minimum absolute atomic E-state index is 0.0335. The van der Waals surface area contributed by atoms with Crippen LogP contribution >= 0.6 is 31.9 Å². The van der Waals surface area contributed by atoms with E-state index in [1.165, 1.54) is 6.07 Å². The molecule has 0 aliphatic heterocycles. The first-order valence-electron chi connectivity index (χ1n) is 6.50. The number of likely N-dealkylation sites (N-methyl/N-ethyl adjacent to an activating group) is 1. The molecule has 0 saturated carbocycles. The first-order chi connectivity index (χ1) is 10.1. The van der Waals surface area contributed by atoms with Crippen LogP contribution in [0, 0.1) is 5.82 Å². The Hall–Kier alpha value is -0.910. The number of ether oxygens (including phenoxy) is 1. The number of halogens is 3. The van der Waals surface area contributed by atoms with Gasteiger partial charge in [-0.2, -0.15) is 0 Å². The predicted molar refractivity (Wildman–Crippen MR) is 90.3 cm³/mol. The van der Waals surface area contributed by atoms with E-state index < -0.39 is 0 Å². The Bertz CT molecular complexity index is 634. The van der Waals surface area contributed by atoms with E-state index in [0.717, 1.165) is 21.3 Å². The van der Waals surface area contributed by atoms with Crippen LogP contribution < -0.4 is 10.1 Å². The van der Waals surface area contributed by atoms with Gasteiger partial charge in [0, 0.05) is 16.1 Å². The third kappa shape index (κ3) is 3.84. The number of rotatable bonds is 5. The topological polar surface area (TPSA) is 21.3 Å². The predicted octanol–water partition coefficient (Wildman–Crippen LogP) is 4.86. The van der Waals surface area contributed by atoms with Crippen molar-refractivity contribution in [1.82, 2.24) is 5.32 Å². The first kappa shape index (κ1) is 16.5. The van der Waals surface area contributed by atoms with Gasteiger partial charge in [-0.15, -0.1) is 0 Å². The highest BCUT2D eigenvalue weighted by atomic mass is 79.9. The molecule has 0 radical (unpaired) electrons. The van der Waals surface area contributed by atoms with Gasteiger partial charge in [0.1, 0.15) is 11.6 Å². The van der Waals surface area contributed by atoms with Gasteiger partial charge in [-0.1, -0.05) is 34.1 Å². The van der Waals surface area contributed by atoms with Gasteiger partial charge in [0.25, 0.3) is 0 Å². The van der Waals surface area contributed by atoms with Crippen LogP contribution in [0.3, 0.4) is 0 Å². The van der Waals surface area contributed by atoms with Crippen LogP contribution in [0.4, 0.5) is 4.39 Å². The first-order valence-corrected chi connectivity index (χ1v) is 8.09. The lowest BCUT2D eigenvalue weighted by molar-refractivity contribution is 0.401. The average molecular weight is 417 g/mol. The Morgan fingerprint density at radius 2 is 2.00 bits per heavy atom. The molecule has 112 valence electrons. The van der Waals surface area contributed by atoms with Crippen LogP contribution in [0.1, 0.15) is 17.2 Å². The van der Waals surface area contributed by atoms with Crippen molar-refractivity contribution in [3.05, 3.63) is 62.3 Å². The van der Waals surface area contributed by atoms with E-state index in [1.54, 1.807) is 13.2 Å². The molecule has 1 N–H and O–H groups in total. The van der Waals surface area contributed by atoms with Gasteiger partial charge in [0.2, 0.25) is 0 Å². The molecule has 0 fully saturated rings. The van der Waals surface area contributed by atoms with Crippen molar-refractivity contribution in [3.63, 3.8) is 0 Å². The molecular formula is C16H16Br2FNO. The number of hydrogen-bond donors (Lipinski definition) is 1. The van der Waals surface area contributed by atoms with E-state index in [-0.39, 0.29) is 11.9 Å². The molecule has 0 saturated heterocycles. The molecular weight excluding hydrogens is 401 g/mol.